The first-order valence-corrected chi connectivity index (χ1v) is 8.26. The van der Waals surface area contributed by atoms with Gasteiger partial charge in [-0.05, 0) is 38.1 Å². The van der Waals surface area contributed by atoms with Crippen molar-refractivity contribution < 1.29 is 4.79 Å². The highest BCUT2D eigenvalue weighted by Gasteiger charge is 2.37. The van der Waals surface area contributed by atoms with Gasteiger partial charge in [-0.2, -0.15) is 0 Å². The third kappa shape index (κ3) is 3.15. The Labute approximate surface area is 121 Å². The average molecular weight is 280 g/mol. The van der Waals surface area contributed by atoms with Crippen molar-refractivity contribution in [2.24, 2.45) is 11.8 Å². The fraction of sp³-hybridized carbons (Fsp3) is 0.933. The van der Waals surface area contributed by atoms with Crippen LogP contribution in [-0.2, 0) is 4.79 Å². The zero-order valence-electron chi connectivity index (χ0n) is 12.5. The molecule has 3 fully saturated rings. The van der Waals surface area contributed by atoms with Crippen molar-refractivity contribution in [3.05, 3.63) is 0 Å². The molecule has 0 aromatic rings. The number of rotatable bonds is 0. The maximum absolute atomic E-state index is 12.3. The van der Waals surface area contributed by atoms with E-state index in [0.717, 1.165) is 19.5 Å². The van der Waals surface area contributed by atoms with Gasteiger partial charge in [-0.3, -0.25) is 15.6 Å². The van der Waals surface area contributed by atoms with E-state index in [9.17, 15) is 4.79 Å². The second-order valence-electron chi connectivity index (χ2n) is 6.79. The molecule has 0 saturated carbocycles. The number of hydrazine groups is 1. The quantitative estimate of drug-likeness (QED) is 0.522. The molecule has 0 spiro atoms. The number of piperidine rings is 1. The van der Waals surface area contributed by atoms with Gasteiger partial charge < -0.3 is 10.6 Å². The molecule has 5 heteroatoms. The molecule has 1 amide bonds. The molecule has 0 radical (unpaired) electrons. The van der Waals surface area contributed by atoms with E-state index in [1.54, 1.807) is 0 Å². The van der Waals surface area contributed by atoms with Crippen LogP contribution in [0.4, 0.5) is 0 Å². The van der Waals surface area contributed by atoms with Crippen molar-refractivity contribution in [2.45, 2.75) is 63.6 Å². The third-order valence-corrected chi connectivity index (χ3v) is 5.28. The van der Waals surface area contributed by atoms with Gasteiger partial charge >= 0.3 is 0 Å². The molecule has 3 heterocycles. The van der Waals surface area contributed by atoms with Crippen LogP contribution in [0.5, 0.6) is 0 Å². The van der Waals surface area contributed by atoms with Crippen molar-refractivity contribution in [1.82, 2.24) is 21.5 Å². The molecule has 2 bridgehead atoms. The Hall–Kier alpha value is -0.650. The van der Waals surface area contributed by atoms with Crippen molar-refractivity contribution >= 4 is 5.91 Å². The minimum Gasteiger partial charge on any atom is -0.350 e. The number of carbonyl (C=O) groups is 1. The molecular formula is C15H28N4O. The van der Waals surface area contributed by atoms with Gasteiger partial charge in [0.2, 0.25) is 5.91 Å². The van der Waals surface area contributed by atoms with E-state index >= 15 is 0 Å². The zero-order chi connectivity index (χ0) is 13.9. The molecule has 3 aliphatic heterocycles. The Bertz CT molecular complexity index is 349. The number of fused-ring (bicyclic) bond motifs is 4. The number of amides is 1. The highest BCUT2D eigenvalue weighted by molar-refractivity contribution is 5.78. The molecule has 20 heavy (non-hydrogen) atoms. The lowest BCUT2D eigenvalue weighted by Gasteiger charge is -2.36. The van der Waals surface area contributed by atoms with Crippen molar-refractivity contribution in [3.63, 3.8) is 0 Å². The smallest absolute Gasteiger partial charge is 0.223 e. The van der Waals surface area contributed by atoms with Gasteiger partial charge in [-0.15, -0.1) is 0 Å². The van der Waals surface area contributed by atoms with Gasteiger partial charge in [0.05, 0.1) is 6.04 Å². The molecule has 0 aromatic heterocycles. The van der Waals surface area contributed by atoms with Gasteiger partial charge in [-0.25, -0.2) is 0 Å². The van der Waals surface area contributed by atoms with E-state index < -0.39 is 0 Å². The molecule has 3 aliphatic rings. The Balaban J connectivity index is 1.72. The summed E-state index contributed by atoms with van der Waals surface area (Å²) in [5, 5.41) is 6.93. The summed E-state index contributed by atoms with van der Waals surface area (Å²) in [7, 11) is 0. The number of hydrogen-bond acceptors (Lipinski definition) is 4. The first kappa shape index (κ1) is 14.3. The highest BCUT2D eigenvalue weighted by Crippen LogP contribution is 2.26. The van der Waals surface area contributed by atoms with Crippen LogP contribution >= 0.6 is 0 Å². The summed E-state index contributed by atoms with van der Waals surface area (Å²) in [5.41, 5.74) is 6.65. The fourth-order valence-corrected chi connectivity index (χ4v) is 3.98. The summed E-state index contributed by atoms with van der Waals surface area (Å²) in [5.74, 6) is 1.04. The van der Waals surface area contributed by atoms with E-state index in [2.05, 4.69) is 28.4 Å². The maximum atomic E-state index is 12.3. The maximum Gasteiger partial charge on any atom is 0.223 e. The molecule has 5 atom stereocenters. The van der Waals surface area contributed by atoms with Gasteiger partial charge in [0.15, 0.2) is 0 Å². The van der Waals surface area contributed by atoms with E-state index in [0.29, 0.717) is 18.0 Å². The zero-order valence-corrected chi connectivity index (χ0v) is 12.5. The summed E-state index contributed by atoms with van der Waals surface area (Å²) in [6.45, 7) is 4.02. The lowest BCUT2D eigenvalue weighted by Crippen LogP contribution is -2.53. The first-order chi connectivity index (χ1) is 9.74. The van der Waals surface area contributed by atoms with E-state index in [-0.39, 0.29) is 17.9 Å². The second-order valence-corrected chi connectivity index (χ2v) is 6.79. The van der Waals surface area contributed by atoms with Crippen LogP contribution in [0.25, 0.3) is 0 Å². The Kier molecular flexibility index (Phi) is 4.58. The van der Waals surface area contributed by atoms with Crippen LogP contribution in [0.15, 0.2) is 0 Å². The fourth-order valence-electron chi connectivity index (χ4n) is 3.98. The monoisotopic (exact) mass is 280 g/mol. The van der Waals surface area contributed by atoms with Crippen LogP contribution in [0.2, 0.25) is 0 Å². The Morgan fingerprint density at radius 2 is 2.00 bits per heavy atom. The average Bonchev–Trinajstić information content (AvgIpc) is 2.91. The molecule has 0 aliphatic carbocycles. The highest BCUT2D eigenvalue weighted by atomic mass is 16.2. The molecular weight excluding hydrogens is 252 g/mol. The van der Waals surface area contributed by atoms with Gasteiger partial charge in [0.1, 0.15) is 0 Å². The van der Waals surface area contributed by atoms with Crippen molar-refractivity contribution in [1.29, 1.82) is 0 Å². The third-order valence-electron chi connectivity index (χ3n) is 5.28. The predicted octanol–water partition coefficient (Wildman–Crippen LogP) is 0.526. The van der Waals surface area contributed by atoms with Crippen LogP contribution in [0, 0.1) is 11.8 Å². The lowest BCUT2D eigenvalue weighted by molar-refractivity contribution is -0.125. The number of hydrogen-bond donors (Lipinski definition) is 4. The summed E-state index contributed by atoms with van der Waals surface area (Å²) >= 11 is 0. The SMILES string of the molecule is CC1CCCCC2CC(CCN2)C2NNCC2NC1=O. The van der Waals surface area contributed by atoms with Crippen LogP contribution in [-0.4, -0.2) is 37.1 Å². The minimum atomic E-state index is 0.142. The van der Waals surface area contributed by atoms with Crippen LogP contribution < -0.4 is 21.5 Å². The van der Waals surface area contributed by atoms with Gasteiger partial charge in [0.25, 0.3) is 0 Å². The summed E-state index contributed by atoms with van der Waals surface area (Å²) in [4.78, 5) is 12.3. The second kappa shape index (κ2) is 6.41. The van der Waals surface area contributed by atoms with E-state index in [1.807, 2.05) is 0 Å². The topological polar surface area (TPSA) is 65.2 Å². The van der Waals surface area contributed by atoms with E-state index in [4.69, 9.17) is 0 Å². The molecule has 4 N–H and O–H groups in total. The number of nitrogens with one attached hydrogen (secondary N) is 4. The van der Waals surface area contributed by atoms with Crippen LogP contribution in [0.1, 0.15) is 45.4 Å². The van der Waals surface area contributed by atoms with Crippen LogP contribution in [0.3, 0.4) is 0 Å². The molecule has 5 unspecified atom stereocenters. The van der Waals surface area contributed by atoms with Gasteiger partial charge in [0, 0.05) is 24.5 Å². The lowest BCUT2D eigenvalue weighted by atomic mass is 9.82. The van der Waals surface area contributed by atoms with E-state index in [1.165, 1.54) is 32.1 Å². The minimum absolute atomic E-state index is 0.142. The standard InChI is InChI=1S/C15H28N4O/c1-10-4-2-3-5-12-8-11(6-7-16-12)14-13(9-17-19-14)18-15(10)20/h10-14,16-17,19H,2-9H2,1H3,(H,18,20). The largest absolute Gasteiger partial charge is 0.350 e. The summed E-state index contributed by atoms with van der Waals surface area (Å²) < 4.78 is 0. The predicted molar refractivity (Wildman–Crippen MR) is 79.0 cm³/mol. The molecule has 0 aromatic carbocycles. The molecule has 3 rings (SSSR count). The normalized spacial score (nSPS) is 43.0. The summed E-state index contributed by atoms with van der Waals surface area (Å²) in [6.07, 6.45) is 7.12. The Morgan fingerprint density at radius 1 is 1.15 bits per heavy atom. The molecule has 114 valence electrons. The first-order valence-electron chi connectivity index (χ1n) is 8.26. The van der Waals surface area contributed by atoms with Crippen molar-refractivity contribution in [3.8, 4) is 0 Å². The Morgan fingerprint density at radius 3 is 2.90 bits per heavy atom. The van der Waals surface area contributed by atoms with Gasteiger partial charge in [-0.1, -0.05) is 19.8 Å². The molecule has 5 nitrogen and oxygen atoms in total. The van der Waals surface area contributed by atoms with Crippen molar-refractivity contribution in [2.75, 3.05) is 13.1 Å². The number of carbonyl (C=O) groups excluding carboxylic acids is 1. The molecule has 3 saturated heterocycles. The summed E-state index contributed by atoms with van der Waals surface area (Å²) in [6, 6.07) is 1.30.